The fourth-order valence-corrected chi connectivity index (χ4v) is 3.77. The zero-order chi connectivity index (χ0) is 19.9. The van der Waals surface area contributed by atoms with Gasteiger partial charge in [-0.15, -0.1) is 0 Å². The van der Waals surface area contributed by atoms with E-state index in [0.717, 1.165) is 12.8 Å². The molecule has 5 nitrogen and oxygen atoms in total. The average molecular weight is 387 g/mol. The number of amides is 2. The molecule has 1 heterocycles. The Kier molecular flexibility index (Phi) is 7.20. The number of benzene rings is 1. The van der Waals surface area contributed by atoms with Crippen LogP contribution in [-0.2, 0) is 4.79 Å². The minimum atomic E-state index is -0.356. The summed E-state index contributed by atoms with van der Waals surface area (Å²) in [7, 11) is 0. The first-order valence-corrected chi connectivity index (χ1v) is 10.3. The molecule has 1 saturated heterocycles. The lowest BCUT2D eigenvalue weighted by atomic mass is 9.97. The van der Waals surface area contributed by atoms with Gasteiger partial charge in [-0.2, -0.15) is 0 Å². The fourth-order valence-electron chi connectivity index (χ4n) is 3.77. The number of allylic oxidation sites excluding steroid dienone is 1. The Morgan fingerprint density at radius 3 is 2.61 bits per heavy atom. The van der Waals surface area contributed by atoms with Crippen molar-refractivity contribution < 1.29 is 14.0 Å². The number of nitrogens with zero attached hydrogens (tertiary/aromatic N) is 2. The normalized spacial score (nSPS) is 17.9. The summed E-state index contributed by atoms with van der Waals surface area (Å²) in [6.45, 7) is 5.14. The van der Waals surface area contributed by atoms with E-state index in [-0.39, 0.29) is 17.6 Å². The summed E-state index contributed by atoms with van der Waals surface area (Å²) in [6, 6.07) is 4.61. The average Bonchev–Trinajstić information content (AvgIpc) is 2.71. The van der Waals surface area contributed by atoms with Gasteiger partial charge in [-0.3, -0.25) is 14.5 Å². The van der Waals surface area contributed by atoms with Gasteiger partial charge >= 0.3 is 0 Å². The van der Waals surface area contributed by atoms with Crippen molar-refractivity contribution >= 4 is 11.8 Å². The van der Waals surface area contributed by atoms with Gasteiger partial charge < -0.3 is 10.2 Å². The van der Waals surface area contributed by atoms with Gasteiger partial charge in [0, 0.05) is 38.3 Å². The van der Waals surface area contributed by atoms with Crippen LogP contribution in [0.25, 0.3) is 0 Å². The molecule has 3 rings (SSSR count). The maximum absolute atomic E-state index is 13.7. The van der Waals surface area contributed by atoms with Crippen LogP contribution in [0.1, 0.15) is 48.0 Å². The molecule has 6 heteroatoms. The van der Waals surface area contributed by atoms with E-state index >= 15 is 0 Å². The van der Waals surface area contributed by atoms with E-state index in [1.165, 1.54) is 30.9 Å². The highest BCUT2D eigenvalue weighted by Gasteiger charge is 2.23. The Hall–Kier alpha value is -2.21. The molecular weight excluding hydrogens is 357 g/mol. The van der Waals surface area contributed by atoms with Gasteiger partial charge in [0.1, 0.15) is 5.82 Å². The SMILES string of the molecule is Cc1ccc(C(=O)N2CCN(CC(=O)NCCC3=CCCCC3)CC2)cc1F. The van der Waals surface area contributed by atoms with E-state index < -0.39 is 0 Å². The zero-order valence-corrected chi connectivity index (χ0v) is 16.7. The second kappa shape index (κ2) is 9.82. The Balaban J connectivity index is 1.38. The summed E-state index contributed by atoms with van der Waals surface area (Å²) >= 11 is 0. The Morgan fingerprint density at radius 1 is 1.14 bits per heavy atom. The summed E-state index contributed by atoms with van der Waals surface area (Å²) < 4.78 is 13.7. The summed E-state index contributed by atoms with van der Waals surface area (Å²) in [5.41, 5.74) is 2.38. The van der Waals surface area contributed by atoms with Crippen LogP contribution in [0.5, 0.6) is 0 Å². The van der Waals surface area contributed by atoms with E-state index in [0.29, 0.717) is 50.4 Å². The number of carbonyl (C=O) groups excluding carboxylic acids is 2. The largest absolute Gasteiger partial charge is 0.355 e. The molecule has 1 aromatic rings. The third-order valence-corrected chi connectivity index (χ3v) is 5.60. The smallest absolute Gasteiger partial charge is 0.254 e. The van der Waals surface area contributed by atoms with Gasteiger partial charge in [-0.1, -0.05) is 17.7 Å². The molecule has 1 aromatic carbocycles. The van der Waals surface area contributed by atoms with Crippen molar-refractivity contribution in [2.45, 2.75) is 39.0 Å². The molecule has 1 aliphatic heterocycles. The Bertz CT molecular complexity index is 739. The number of carbonyl (C=O) groups is 2. The van der Waals surface area contributed by atoms with Gasteiger partial charge in [0.25, 0.3) is 5.91 Å². The van der Waals surface area contributed by atoms with Crippen molar-refractivity contribution in [2.24, 2.45) is 0 Å². The fraction of sp³-hybridized carbons (Fsp3) is 0.545. The third-order valence-electron chi connectivity index (χ3n) is 5.60. The van der Waals surface area contributed by atoms with E-state index in [1.54, 1.807) is 24.0 Å². The summed E-state index contributed by atoms with van der Waals surface area (Å²) in [5, 5.41) is 3.00. The number of rotatable bonds is 6. The number of nitrogens with one attached hydrogen (secondary N) is 1. The van der Waals surface area contributed by atoms with E-state index in [2.05, 4.69) is 16.3 Å². The highest BCUT2D eigenvalue weighted by Crippen LogP contribution is 2.19. The predicted octanol–water partition coefficient (Wildman–Crippen LogP) is 2.90. The van der Waals surface area contributed by atoms with Gasteiger partial charge in [-0.05, 0) is 56.7 Å². The number of hydrogen-bond acceptors (Lipinski definition) is 3. The van der Waals surface area contributed by atoms with Crippen molar-refractivity contribution in [3.63, 3.8) is 0 Å². The molecule has 0 saturated carbocycles. The molecule has 0 atom stereocenters. The molecule has 2 aliphatic rings. The molecule has 1 N–H and O–H groups in total. The first-order chi connectivity index (χ1) is 13.5. The summed E-state index contributed by atoms with van der Waals surface area (Å²) in [6.07, 6.45) is 8.13. The summed E-state index contributed by atoms with van der Waals surface area (Å²) in [5.74, 6) is -0.467. The van der Waals surface area contributed by atoms with Crippen LogP contribution >= 0.6 is 0 Å². The van der Waals surface area contributed by atoms with E-state index in [9.17, 15) is 14.0 Å². The molecule has 0 bridgehead atoms. The Labute approximate surface area is 166 Å². The lowest BCUT2D eigenvalue weighted by Gasteiger charge is -2.34. The number of halogens is 1. The minimum Gasteiger partial charge on any atom is -0.355 e. The molecular formula is C22H30FN3O2. The molecule has 152 valence electrons. The quantitative estimate of drug-likeness (QED) is 0.764. The number of aryl methyl sites for hydroxylation is 1. The van der Waals surface area contributed by atoms with E-state index in [1.807, 2.05) is 0 Å². The third kappa shape index (κ3) is 5.64. The number of hydrogen-bond donors (Lipinski definition) is 1. The Morgan fingerprint density at radius 2 is 1.93 bits per heavy atom. The monoisotopic (exact) mass is 387 g/mol. The minimum absolute atomic E-state index is 0.0387. The zero-order valence-electron chi connectivity index (χ0n) is 16.7. The first kappa shape index (κ1) is 20.5. The van der Waals surface area contributed by atoms with Gasteiger partial charge in [0.15, 0.2) is 0 Å². The molecule has 2 amide bonds. The molecule has 0 spiro atoms. The van der Waals surface area contributed by atoms with Crippen molar-refractivity contribution in [3.8, 4) is 0 Å². The highest BCUT2D eigenvalue weighted by molar-refractivity contribution is 5.94. The standard InChI is InChI=1S/C22H30FN3O2/c1-17-7-8-19(15-20(17)23)22(28)26-13-11-25(12-14-26)16-21(27)24-10-9-18-5-3-2-4-6-18/h5,7-8,15H,2-4,6,9-14,16H2,1H3,(H,24,27). The molecule has 0 radical (unpaired) electrons. The number of piperazine rings is 1. The second-order valence-corrected chi connectivity index (χ2v) is 7.74. The molecule has 28 heavy (non-hydrogen) atoms. The molecule has 0 unspecified atom stereocenters. The van der Waals surface area contributed by atoms with Gasteiger partial charge in [0.05, 0.1) is 6.54 Å². The second-order valence-electron chi connectivity index (χ2n) is 7.74. The molecule has 1 aliphatic carbocycles. The van der Waals surface area contributed by atoms with Crippen molar-refractivity contribution in [3.05, 3.63) is 46.8 Å². The molecule has 1 fully saturated rings. The van der Waals surface area contributed by atoms with Crippen LogP contribution in [0.3, 0.4) is 0 Å². The highest BCUT2D eigenvalue weighted by atomic mass is 19.1. The van der Waals surface area contributed by atoms with Gasteiger partial charge in [-0.25, -0.2) is 4.39 Å². The van der Waals surface area contributed by atoms with E-state index in [4.69, 9.17) is 0 Å². The lowest BCUT2D eigenvalue weighted by Crippen LogP contribution is -2.51. The summed E-state index contributed by atoms with van der Waals surface area (Å²) in [4.78, 5) is 28.5. The van der Waals surface area contributed by atoms with Crippen molar-refractivity contribution in [1.29, 1.82) is 0 Å². The molecule has 0 aromatic heterocycles. The van der Waals surface area contributed by atoms with Crippen molar-refractivity contribution in [1.82, 2.24) is 15.1 Å². The van der Waals surface area contributed by atoms with Crippen molar-refractivity contribution in [2.75, 3.05) is 39.3 Å². The maximum atomic E-state index is 13.7. The topological polar surface area (TPSA) is 52.7 Å². The predicted molar refractivity (Wildman–Crippen MR) is 108 cm³/mol. The van der Waals surface area contributed by atoms with Crippen LogP contribution in [0.2, 0.25) is 0 Å². The lowest BCUT2D eigenvalue weighted by molar-refractivity contribution is -0.122. The van der Waals surface area contributed by atoms with Crippen LogP contribution in [-0.4, -0.2) is 60.9 Å². The van der Waals surface area contributed by atoms with Gasteiger partial charge in [0.2, 0.25) is 5.91 Å². The van der Waals surface area contributed by atoms with Crippen LogP contribution in [0, 0.1) is 12.7 Å². The van der Waals surface area contributed by atoms with Crippen LogP contribution in [0.15, 0.2) is 29.8 Å². The van der Waals surface area contributed by atoms with Crippen LogP contribution in [0.4, 0.5) is 4.39 Å². The first-order valence-electron chi connectivity index (χ1n) is 10.3. The van der Waals surface area contributed by atoms with Crippen LogP contribution < -0.4 is 5.32 Å². The maximum Gasteiger partial charge on any atom is 0.254 e.